The smallest absolute Gasteiger partial charge is 0.262 e. The number of hydrogen-bond donors (Lipinski definition) is 0. The van der Waals surface area contributed by atoms with Crippen molar-refractivity contribution < 1.29 is 13.2 Å². The van der Waals surface area contributed by atoms with Crippen LogP contribution in [0.4, 0.5) is 24.5 Å². The van der Waals surface area contributed by atoms with Gasteiger partial charge in [-0.3, -0.25) is 4.99 Å². The zero-order chi connectivity index (χ0) is 11.5. The van der Waals surface area contributed by atoms with E-state index in [0.717, 1.165) is 12.1 Å². The van der Waals surface area contributed by atoms with Crippen molar-refractivity contribution in [3.05, 3.63) is 35.2 Å². The minimum Gasteiger partial charge on any atom is -0.262 e. The monoisotopic (exact) mass is 212 g/mol. The van der Waals surface area contributed by atoms with E-state index in [9.17, 15) is 13.2 Å². The third kappa shape index (κ3) is 2.56. The van der Waals surface area contributed by atoms with Gasteiger partial charge in [-0.1, -0.05) is 6.07 Å². The highest BCUT2D eigenvalue weighted by atomic mass is 19.4. The molecule has 0 N–H and O–H groups in total. The molecule has 0 spiro atoms. The normalized spacial score (nSPS) is 11.7. The molecular weight excluding hydrogens is 205 g/mol. The van der Waals surface area contributed by atoms with Crippen molar-refractivity contribution in [1.82, 2.24) is 0 Å². The van der Waals surface area contributed by atoms with Crippen LogP contribution in [0, 0.1) is 6.57 Å². The molecule has 0 fully saturated rings. The van der Waals surface area contributed by atoms with Gasteiger partial charge in [-0.2, -0.15) is 13.2 Å². The minimum absolute atomic E-state index is 0.192. The molecule has 0 saturated carbocycles. The molecule has 1 rings (SSSR count). The molecule has 0 heterocycles. The van der Waals surface area contributed by atoms with Crippen LogP contribution in [0.15, 0.2) is 23.2 Å². The van der Waals surface area contributed by atoms with Gasteiger partial charge in [-0.05, 0) is 19.1 Å². The van der Waals surface area contributed by atoms with Gasteiger partial charge >= 0.3 is 6.18 Å². The molecule has 0 aliphatic heterocycles. The lowest BCUT2D eigenvalue weighted by Crippen LogP contribution is -2.04. The average molecular weight is 212 g/mol. The first-order valence-corrected chi connectivity index (χ1v) is 4.06. The van der Waals surface area contributed by atoms with Gasteiger partial charge in [0.25, 0.3) is 0 Å². The predicted octanol–water partition coefficient (Wildman–Crippen LogP) is 3.98. The van der Waals surface area contributed by atoms with Gasteiger partial charge in [-0.15, -0.1) is 0 Å². The number of alkyl halides is 3. The fourth-order valence-electron chi connectivity index (χ4n) is 1.08. The van der Waals surface area contributed by atoms with Crippen LogP contribution in [0.2, 0.25) is 0 Å². The first kappa shape index (κ1) is 11.2. The molecule has 1 aromatic carbocycles. The second-order valence-corrected chi connectivity index (χ2v) is 2.70. The van der Waals surface area contributed by atoms with Gasteiger partial charge in [0.05, 0.1) is 17.8 Å². The lowest BCUT2D eigenvalue weighted by atomic mass is 10.1. The van der Waals surface area contributed by atoms with Crippen LogP contribution in [-0.4, -0.2) is 6.21 Å². The molecule has 15 heavy (non-hydrogen) atoms. The van der Waals surface area contributed by atoms with Crippen molar-refractivity contribution in [1.29, 1.82) is 0 Å². The highest BCUT2D eigenvalue weighted by molar-refractivity contribution is 5.65. The van der Waals surface area contributed by atoms with Crippen molar-refractivity contribution in [3.63, 3.8) is 0 Å². The van der Waals surface area contributed by atoms with Gasteiger partial charge in [0, 0.05) is 6.21 Å². The Bertz CT molecular complexity index is 427. The number of hydrogen-bond acceptors (Lipinski definition) is 1. The van der Waals surface area contributed by atoms with Crippen LogP contribution in [0.3, 0.4) is 0 Å². The molecule has 0 radical (unpaired) electrons. The Morgan fingerprint density at radius 3 is 2.53 bits per heavy atom. The van der Waals surface area contributed by atoms with Crippen LogP contribution < -0.4 is 0 Å². The third-order valence-corrected chi connectivity index (χ3v) is 1.68. The molecule has 1 aromatic rings. The Balaban J connectivity index is 3.33. The summed E-state index contributed by atoms with van der Waals surface area (Å²) in [5, 5.41) is 0. The average Bonchev–Trinajstić information content (AvgIpc) is 2.17. The third-order valence-electron chi connectivity index (χ3n) is 1.68. The molecular formula is C10H7F3N2. The summed E-state index contributed by atoms with van der Waals surface area (Å²) in [4.78, 5) is 6.54. The topological polar surface area (TPSA) is 16.7 Å². The van der Waals surface area contributed by atoms with E-state index in [1.807, 2.05) is 0 Å². The Kier molecular flexibility index (Phi) is 3.10. The molecule has 0 aliphatic rings. The van der Waals surface area contributed by atoms with E-state index in [2.05, 4.69) is 9.84 Å². The summed E-state index contributed by atoms with van der Waals surface area (Å²) in [6.45, 7) is 8.23. The van der Waals surface area contributed by atoms with Gasteiger partial charge in [0.15, 0.2) is 5.69 Å². The SMILES string of the molecule is [C-]#[N+]c1ccc(N=CC)cc1C(F)(F)F. The summed E-state index contributed by atoms with van der Waals surface area (Å²) in [5.74, 6) is 0. The maximum atomic E-state index is 12.5. The van der Waals surface area contributed by atoms with E-state index < -0.39 is 17.4 Å². The molecule has 2 nitrogen and oxygen atoms in total. The molecule has 0 saturated heterocycles. The molecule has 0 unspecified atom stereocenters. The Hall–Kier alpha value is -1.83. The van der Waals surface area contributed by atoms with E-state index >= 15 is 0 Å². The first-order valence-electron chi connectivity index (χ1n) is 4.06. The summed E-state index contributed by atoms with van der Waals surface area (Å²) in [6.07, 6.45) is -3.12. The maximum Gasteiger partial charge on any atom is 0.407 e. The number of halogens is 3. The van der Waals surface area contributed by atoms with E-state index in [-0.39, 0.29) is 5.69 Å². The summed E-state index contributed by atoms with van der Waals surface area (Å²) in [5.41, 5.74) is -1.16. The first-order chi connectivity index (χ1) is 6.99. The van der Waals surface area contributed by atoms with Crippen LogP contribution >= 0.6 is 0 Å². The minimum atomic E-state index is -4.51. The molecule has 0 aliphatic carbocycles. The summed E-state index contributed by atoms with van der Waals surface area (Å²) < 4.78 is 37.4. The lowest BCUT2D eigenvalue weighted by Gasteiger charge is -2.08. The molecule has 0 bridgehead atoms. The molecule has 0 amide bonds. The Morgan fingerprint density at radius 2 is 2.07 bits per heavy atom. The molecule has 5 heteroatoms. The Morgan fingerprint density at radius 1 is 1.40 bits per heavy atom. The number of benzene rings is 1. The van der Waals surface area contributed by atoms with E-state index in [1.165, 1.54) is 12.3 Å². The number of rotatable bonds is 1. The van der Waals surface area contributed by atoms with E-state index in [4.69, 9.17) is 6.57 Å². The second kappa shape index (κ2) is 4.13. The number of nitrogens with zero attached hydrogens (tertiary/aromatic N) is 2. The standard InChI is InChI=1S/C10H7F3N2/c1-3-15-7-4-5-9(14-2)8(6-7)10(11,12)13/h3-6H,1H3. The van der Waals surface area contributed by atoms with Crippen LogP contribution in [0.1, 0.15) is 12.5 Å². The quantitative estimate of drug-likeness (QED) is 0.494. The van der Waals surface area contributed by atoms with Crippen LogP contribution in [-0.2, 0) is 6.18 Å². The summed E-state index contributed by atoms with van der Waals surface area (Å²) in [7, 11) is 0. The highest BCUT2D eigenvalue weighted by Gasteiger charge is 2.33. The molecule has 0 aromatic heterocycles. The van der Waals surface area contributed by atoms with Gasteiger partial charge in [0.2, 0.25) is 0 Å². The van der Waals surface area contributed by atoms with Crippen LogP contribution in [0.5, 0.6) is 0 Å². The van der Waals surface area contributed by atoms with E-state index in [1.54, 1.807) is 6.92 Å². The van der Waals surface area contributed by atoms with Crippen molar-refractivity contribution in [2.75, 3.05) is 0 Å². The predicted molar refractivity (Wildman–Crippen MR) is 51.5 cm³/mol. The van der Waals surface area contributed by atoms with Gasteiger partial charge in [-0.25, -0.2) is 4.85 Å². The lowest BCUT2D eigenvalue weighted by molar-refractivity contribution is -0.136. The summed E-state index contributed by atoms with van der Waals surface area (Å²) in [6, 6.07) is 3.37. The van der Waals surface area contributed by atoms with Crippen molar-refractivity contribution in [2.45, 2.75) is 13.1 Å². The zero-order valence-corrected chi connectivity index (χ0v) is 7.84. The molecule has 78 valence electrons. The molecule has 0 atom stereocenters. The van der Waals surface area contributed by atoms with Gasteiger partial charge < -0.3 is 0 Å². The number of aliphatic imine (C=N–C) groups is 1. The Labute approximate surface area is 84.9 Å². The maximum absolute atomic E-state index is 12.5. The van der Waals surface area contributed by atoms with Crippen molar-refractivity contribution in [2.24, 2.45) is 4.99 Å². The van der Waals surface area contributed by atoms with Gasteiger partial charge in [0.1, 0.15) is 0 Å². The van der Waals surface area contributed by atoms with Crippen molar-refractivity contribution in [3.8, 4) is 0 Å². The zero-order valence-electron chi connectivity index (χ0n) is 7.84. The fraction of sp³-hybridized carbons (Fsp3) is 0.200. The largest absolute Gasteiger partial charge is 0.407 e. The second-order valence-electron chi connectivity index (χ2n) is 2.70. The van der Waals surface area contributed by atoms with Crippen LogP contribution in [0.25, 0.3) is 4.85 Å². The van der Waals surface area contributed by atoms with Crippen molar-refractivity contribution >= 4 is 17.6 Å². The van der Waals surface area contributed by atoms with E-state index in [0.29, 0.717) is 0 Å². The highest BCUT2D eigenvalue weighted by Crippen LogP contribution is 2.38. The fourth-order valence-corrected chi connectivity index (χ4v) is 1.08. The summed E-state index contributed by atoms with van der Waals surface area (Å²) >= 11 is 0.